The molecule has 1 unspecified atom stereocenters. The van der Waals surface area contributed by atoms with E-state index in [1.54, 1.807) is 13.0 Å². The molecule has 1 aromatic carbocycles. The van der Waals surface area contributed by atoms with Crippen molar-refractivity contribution in [3.8, 4) is 0 Å². The standard InChI is InChI=1S/C15H18FNO3/c1-8-11-7-10(16)5-6-12(11)20-13(8)9(2)17-14(18)15(3,4)19/h5-7,9,19H,1-4H3,(H,17,18). The van der Waals surface area contributed by atoms with E-state index in [1.807, 2.05) is 6.92 Å². The Labute approximate surface area is 116 Å². The number of furan rings is 1. The summed E-state index contributed by atoms with van der Waals surface area (Å²) >= 11 is 0. The van der Waals surface area contributed by atoms with Crippen LogP contribution in [-0.4, -0.2) is 16.6 Å². The van der Waals surface area contributed by atoms with Crippen molar-refractivity contribution in [2.45, 2.75) is 39.3 Å². The molecule has 1 atom stereocenters. The first-order valence-corrected chi connectivity index (χ1v) is 6.42. The van der Waals surface area contributed by atoms with Gasteiger partial charge in [-0.25, -0.2) is 4.39 Å². The molecule has 0 fully saturated rings. The van der Waals surface area contributed by atoms with Gasteiger partial charge in [-0.3, -0.25) is 4.79 Å². The molecule has 0 radical (unpaired) electrons. The molecule has 20 heavy (non-hydrogen) atoms. The van der Waals surface area contributed by atoms with E-state index in [1.165, 1.54) is 26.0 Å². The van der Waals surface area contributed by atoms with E-state index >= 15 is 0 Å². The van der Waals surface area contributed by atoms with Crippen molar-refractivity contribution in [1.29, 1.82) is 0 Å². The molecule has 0 aliphatic heterocycles. The van der Waals surface area contributed by atoms with Gasteiger partial charge in [0, 0.05) is 10.9 Å². The Hall–Kier alpha value is -1.88. The Kier molecular flexibility index (Phi) is 3.56. The molecule has 0 aliphatic carbocycles. The molecule has 1 amide bonds. The average molecular weight is 279 g/mol. The van der Waals surface area contributed by atoms with E-state index in [-0.39, 0.29) is 5.82 Å². The molecule has 4 nitrogen and oxygen atoms in total. The predicted octanol–water partition coefficient (Wildman–Crippen LogP) is 2.83. The Morgan fingerprint density at radius 1 is 1.45 bits per heavy atom. The second-order valence-corrected chi connectivity index (χ2v) is 5.49. The minimum Gasteiger partial charge on any atom is -0.459 e. The molecule has 0 spiro atoms. The first-order valence-electron chi connectivity index (χ1n) is 6.42. The largest absolute Gasteiger partial charge is 0.459 e. The summed E-state index contributed by atoms with van der Waals surface area (Å²) in [5, 5.41) is 13.0. The molecule has 2 rings (SSSR count). The first kappa shape index (κ1) is 14.5. The van der Waals surface area contributed by atoms with Crippen LogP contribution in [0.5, 0.6) is 0 Å². The van der Waals surface area contributed by atoms with Crippen LogP contribution in [0.3, 0.4) is 0 Å². The second kappa shape index (κ2) is 4.90. The predicted molar refractivity (Wildman–Crippen MR) is 73.8 cm³/mol. The lowest BCUT2D eigenvalue weighted by atomic mass is 10.1. The fourth-order valence-electron chi connectivity index (χ4n) is 2.06. The van der Waals surface area contributed by atoms with Crippen LogP contribution >= 0.6 is 0 Å². The number of aliphatic hydroxyl groups is 1. The van der Waals surface area contributed by atoms with E-state index in [0.717, 1.165) is 5.56 Å². The molecule has 2 N–H and O–H groups in total. The smallest absolute Gasteiger partial charge is 0.251 e. The molecular weight excluding hydrogens is 261 g/mol. The maximum absolute atomic E-state index is 13.2. The fourth-order valence-corrected chi connectivity index (χ4v) is 2.06. The highest BCUT2D eigenvalue weighted by atomic mass is 19.1. The van der Waals surface area contributed by atoms with Crippen LogP contribution in [0.15, 0.2) is 22.6 Å². The van der Waals surface area contributed by atoms with Crippen LogP contribution < -0.4 is 5.32 Å². The molecular formula is C15H18FNO3. The maximum atomic E-state index is 13.2. The average Bonchev–Trinajstić information content (AvgIpc) is 2.65. The monoisotopic (exact) mass is 279 g/mol. The molecule has 108 valence electrons. The minimum absolute atomic E-state index is 0.332. The zero-order valence-electron chi connectivity index (χ0n) is 12.0. The summed E-state index contributed by atoms with van der Waals surface area (Å²) in [5.41, 5.74) is -0.105. The number of amides is 1. The number of rotatable bonds is 3. The van der Waals surface area contributed by atoms with Crippen LogP contribution in [0.2, 0.25) is 0 Å². The van der Waals surface area contributed by atoms with Gasteiger partial charge in [-0.15, -0.1) is 0 Å². The number of fused-ring (bicyclic) bond motifs is 1. The molecule has 2 aromatic rings. The normalized spacial score (nSPS) is 13.5. The zero-order chi connectivity index (χ0) is 15.1. The van der Waals surface area contributed by atoms with Gasteiger partial charge in [-0.1, -0.05) is 0 Å². The highest BCUT2D eigenvalue weighted by Crippen LogP contribution is 2.30. The third kappa shape index (κ3) is 2.67. The highest BCUT2D eigenvalue weighted by molar-refractivity contribution is 5.85. The number of hydrogen-bond donors (Lipinski definition) is 2. The number of aryl methyl sites for hydroxylation is 1. The van der Waals surface area contributed by atoms with E-state index in [2.05, 4.69) is 5.32 Å². The Morgan fingerprint density at radius 2 is 2.10 bits per heavy atom. The van der Waals surface area contributed by atoms with E-state index < -0.39 is 17.6 Å². The minimum atomic E-state index is -1.46. The summed E-state index contributed by atoms with van der Waals surface area (Å²) in [6.45, 7) is 6.39. The SMILES string of the molecule is Cc1c(C(C)NC(=O)C(C)(C)O)oc2ccc(F)cc12. The quantitative estimate of drug-likeness (QED) is 0.908. The molecule has 1 heterocycles. The Morgan fingerprint density at radius 3 is 2.70 bits per heavy atom. The fraction of sp³-hybridized carbons (Fsp3) is 0.400. The van der Waals surface area contributed by atoms with E-state index in [4.69, 9.17) is 4.42 Å². The van der Waals surface area contributed by atoms with Gasteiger partial charge in [0.15, 0.2) is 0 Å². The molecule has 0 saturated heterocycles. The zero-order valence-corrected chi connectivity index (χ0v) is 12.0. The van der Waals surface area contributed by atoms with Gasteiger partial charge in [-0.05, 0) is 45.9 Å². The summed E-state index contributed by atoms with van der Waals surface area (Å²) in [6, 6.07) is 3.88. The lowest BCUT2D eigenvalue weighted by molar-refractivity contribution is -0.137. The van der Waals surface area contributed by atoms with Crippen molar-refractivity contribution < 1.29 is 18.7 Å². The van der Waals surface area contributed by atoms with Crippen LogP contribution in [0, 0.1) is 12.7 Å². The molecule has 5 heteroatoms. The van der Waals surface area contributed by atoms with E-state index in [9.17, 15) is 14.3 Å². The molecule has 0 aliphatic rings. The topological polar surface area (TPSA) is 62.5 Å². The van der Waals surface area contributed by atoms with E-state index in [0.29, 0.717) is 16.7 Å². The summed E-state index contributed by atoms with van der Waals surface area (Å²) in [5.74, 6) is -0.264. The van der Waals surface area contributed by atoms with Crippen molar-refractivity contribution in [2.75, 3.05) is 0 Å². The van der Waals surface area contributed by atoms with Gasteiger partial charge >= 0.3 is 0 Å². The number of hydrogen-bond acceptors (Lipinski definition) is 3. The summed E-state index contributed by atoms with van der Waals surface area (Å²) in [4.78, 5) is 11.8. The number of benzene rings is 1. The lowest BCUT2D eigenvalue weighted by Gasteiger charge is -2.20. The molecule has 0 saturated carbocycles. The van der Waals surface area contributed by atoms with Crippen molar-refractivity contribution in [1.82, 2.24) is 5.32 Å². The summed E-state index contributed by atoms with van der Waals surface area (Å²) in [6.07, 6.45) is 0. The van der Waals surface area contributed by atoms with Gasteiger partial charge in [0.05, 0.1) is 6.04 Å². The van der Waals surface area contributed by atoms with Crippen LogP contribution in [0.1, 0.15) is 38.1 Å². The number of carbonyl (C=O) groups excluding carboxylic acids is 1. The van der Waals surface area contributed by atoms with Gasteiger partial charge in [0.25, 0.3) is 5.91 Å². The van der Waals surface area contributed by atoms with Crippen molar-refractivity contribution in [3.63, 3.8) is 0 Å². The van der Waals surface area contributed by atoms with Gasteiger partial charge in [0.2, 0.25) is 0 Å². The van der Waals surface area contributed by atoms with Crippen LogP contribution in [-0.2, 0) is 4.79 Å². The van der Waals surface area contributed by atoms with Gasteiger partial charge in [-0.2, -0.15) is 0 Å². The van der Waals surface area contributed by atoms with Crippen molar-refractivity contribution in [3.05, 3.63) is 35.3 Å². The van der Waals surface area contributed by atoms with Gasteiger partial charge in [0.1, 0.15) is 22.8 Å². The lowest BCUT2D eigenvalue weighted by Crippen LogP contribution is -2.43. The Bertz CT molecular complexity index is 655. The van der Waals surface area contributed by atoms with Crippen molar-refractivity contribution in [2.24, 2.45) is 0 Å². The Balaban J connectivity index is 2.33. The molecule has 0 bridgehead atoms. The molecule has 1 aromatic heterocycles. The third-order valence-corrected chi connectivity index (χ3v) is 3.23. The first-order chi connectivity index (χ1) is 9.20. The summed E-state index contributed by atoms with van der Waals surface area (Å²) < 4.78 is 18.9. The van der Waals surface area contributed by atoms with Gasteiger partial charge < -0.3 is 14.8 Å². The highest BCUT2D eigenvalue weighted by Gasteiger charge is 2.27. The summed E-state index contributed by atoms with van der Waals surface area (Å²) in [7, 11) is 0. The van der Waals surface area contributed by atoms with Crippen LogP contribution in [0.4, 0.5) is 4.39 Å². The number of nitrogens with one attached hydrogen (secondary N) is 1. The number of carbonyl (C=O) groups is 1. The third-order valence-electron chi connectivity index (χ3n) is 3.23. The maximum Gasteiger partial charge on any atom is 0.251 e. The number of halogens is 1. The second-order valence-electron chi connectivity index (χ2n) is 5.49. The van der Waals surface area contributed by atoms with Crippen molar-refractivity contribution >= 4 is 16.9 Å². The van der Waals surface area contributed by atoms with Crippen LogP contribution in [0.25, 0.3) is 11.0 Å².